The van der Waals surface area contributed by atoms with Gasteiger partial charge >= 0.3 is 0 Å². The summed E-state index contributed by atoms with van der Waals surface area (Å²) in [5.41, 5.74) is -0.281. The van der Waals surface area contributed by atoms with E-state index in [0.29, 0.717) is 0 Å². The van der Waals surface area contributed by atoms with E-state index in [-0.39, 0.29) is 11.2 Å². The molecule has 0 aromatic rings. The summed E-state index contributed by atoms with van der Waals surface area (Å²) in [6.07, 6.45) is 7.37. The monoisotopic (exact) mass is 234 g/mol. The van der Waals surface area contributed by atoms with Gasteiger partial charge in [-0.2, -0.15) is 0 Å². The Hall–Kier alpha value is 0.490. The van der Waals surface area contributed by atoms with Gasteiger partial charge in [-0.3, -0.25) is 8.37 Å². The van der Waals surface area contributed by atoms with Crippen LogP contribution in [0.4, 0.5) is 0 Å². The van der Waals surface area contributed by atoms with Crippen molar-refractivity contribution in [2.45, 2.75) is 63.6 Å². The molecule has 2 aliphatic rings. The van der Waals surface area contributed by atoms with Crippen molar-refractivity contribution in [1.82, 2.24) is 0 Å². The Morgan fingerprint density at radius 2 is 1.57 bits per heavy atom. The Balaban J connectivity index is 2.23. The van der Waals surface area contributed by atoms with E-state index in [9.17, 15) is 0 Å². The summed E-state index contributed by atoms with van der Waals surface area (Å²) in [6.45, 7) is 4.25. The zero-order valence-corrected chi connectivity index (χ0v) is 10.5. The molecule has 0 aromatic carbocycles. The summed E-state index contributed by atoms with van der Waals surface area (Å²) in [7, 11) is -0.704. The van der Waals surface area contributed by atoms with Crippen molar-refractivity contribution in [2.24, 2.45) is 0 Å². The van der Waals surface area contributed by atoms with Crippen molar-refractivity contribution >= 4 is 21.2 Å². The standard InChI is InChI=1S/C10H18O2S2/c1-9(2)10(12-14(13)11-9)7-5-3-4-6-8-10/h3-8H2,1-2H3. The van der Waals surface area contributed by atoms with Crippen LogP contribution >= 0.6 is 0 Å². The summed E-state index contributed by atoms with van der Waals surface area (Å²) >= 11 is 5.13. The molecule has 1 unspecified atom stereocenters. The third kappa shape index (κ3) is 1.77. The third-order valence-electron chi connectivity index (χ3n) is 3.51. The molecule has 1 atom stereocenters. The van der Waals surface area contributed by atoms with Gasteiger partial charge in [0.2, 0.25) is 0 Å². The highest BCUT2D eigenvalue weighted by molar-refractivity contribution is 8.23. The van der Waals surface area contributed by atoms with Crippen LogP contribution in [0.1, 0.15) is 52.4 Å². The lowest BCUT2D eigenvalue weighted by atomic mass is 9.80. The molecular formula is C10H18O2S2. The van der Waals surface area contributed by atoms with Gasteiger partial charge < -0.3 is 0 Å². The molecule has 0 amide bonds. The van der Waals surface area contributed by atoms with Gasteiger partial charge in [0, 0.05) is 11.2 Å². The van der Waals surface area contributed by atoms with Crippen LogP contribution in [-0.2, 0) is 29.6 Å². The molecule has 82 valence electrons. The Morgan fingerprint density at radius 1 is 1.00 bits per heavy atom. The zero-order chi connectivity index (χ0) is 10.2. The largest absolute Gasteiger partial charge is 0.281 e. The summed E-state index contributed by atoms with van der Waals surface area (Å²) < 4.78 is 11.6. The summed E-state index contributed by atoms with van der Waals surface area (Å²) in [5, 5.41) is 0. The second-order valence-electron chi connectivity index (χ2n) is 4.79. The van der Waals surface area contributed by atoms with Crippen LogP contribution in [0, 0.1) is 0 Å². The second kappa shape index (κ2) is 3.81. The zero-order valence-electron chi connectivity index (χ0n) is 8.88. The first-order chi connectivity index (χ1) is 6.56. The van der Waals surface area contributed by atoms with E-state index in [1.54, 1.807) is 0 Å². The lowest BCUT2D eigenvalue weighted by Crippen LogP contribution is -2.47. The molecule has 1 aliphatic heterocycles. The molecule has 0 radical (unpaired) electrons. The minimum atomic E-state index is -0.704. The van der Waals surface area contributed by atoms with Crippen molar-refractivity contribution in [3.05, 3.63) is 0 Å². The van der Waals surface area contributed by atoms with E-state index in [0.717, 1.165) is 12.8 Å². The maximum atomic E-state index is 5.91. The first-order valence-electron chi connectivity index (χ1n) is 5.37. The maximum Gasteiger partial charge on any atom is 0.150 e. The fraction of sp³-hybridized carbons (Fsp3) is 1.00. The molecule has 0 bridgehead atoms. The van der Waals surface area contributed by atoms with Gasteiger partial charge in [-0.05, 0) is 26.7 Å². The molecule has 2 fully saturated rings. The molecule has 1 aliphatic carbocycles. The molecule has 2 nitrogen and oxygen atoms in total. The van der Waals surface area contributed by atoms with Crippen LogP contribution < -0.4 is 0 Å². The van der Waals surface area contributed by atoms with E-state index < -0.39 is 10.0 Å². The highest BCUT2D eigenvalue weighted by atomic mass is 32.8. The summed E-state index contributed by atoms with van der Waals surface area (Å²) in [5.74, 6) is 0. The van der Waals surface area contributed by atoms with Gasteiger partial charge in [-0.1, -0.05) is 25.7 Å². The number of rotatable bonds is 0. The van der Waals surface area contributed by atoms with Gasteiger partial charge in [-0.25, -0.2) is 0 Å². The van der Waals surface area contributed by atoms with E-state index in [1.165, 1.54) is 25.7 Å². The van der Waals surface area contributed by atoms with Gasteiger partial charge in [0.05, 0.1) is 0 Å². The quantitative estimate of drug-likeness (QED) is 0.642. The van der Waals surface area contributed by atoms with E-state index in [1.807, 2.05) is 0 Å². The Labute approximate surface area is 93.4 Å². The van der Waals surface area contributed by atoms with Crippen LogP contribution in [-0.4, -0.2) is 11.2 Å². The maximum absolute atomic E-state index is 5.91. The smallest absolute Gasteiger partial charge is 0.150 e. The van der Waals surface area contributed by atoms with Crippen LogP contribution in [0.15, 0.2) is 0 Å². The van der Waals surface area contributed by atoms with Crippen molar-refractivity contribution in [3.63, 3.8) is 0 Å². The van der Waals surface area contributed by atoms with E-state index in [2.05, 4.69) is 13.8 Å². The summed E-state index contributed by atoms with van der Waals surface area (Å²) in [4.78, 5) is 0. The number of hydrogen-bond donors (Lipinski definition) is 0. The molecule has 14 heavy (non-hydrogen) atoms. The molecule has 2 rings (SSSR count). The lowest BCUT2D eigenvalue weighted by Gasteiger charge is -2.35. The highest BCUT2D eigenvalue weighted by Crippen LogP contribution is 2.46. The Bertz CT molecular complexity index is 243. The second-order valence-corrected chi connectivity index (χ2v) is 6.35. The minimum absolute atomic E-state index is 0.0889. The van der Waals surface area contributed by atoms with Gasteiger partial charge in [0.1, 0.15) is 21.2 Å². The third-order valence-corrected chi connectivity index (χ3v) is 4.93. The number of hydrogen-bond acceptors (Lipinski definition) is 3. The molecular weight excluding hydrogens is 216 g/mol. The van der Waals surface area contributed by atoms with Crippen molar-refractivity contribution in [1.29, 1.82) is 0 Å². The molecule has 4 heteroatoms. The normalized spacial score (nSPS) is 35.7. The first kappa shape index (κ1) is 11.0. The molecule has 1 saturated carbocycles. The van der Waals surface area contributed by atoms with Crippen LogP contribution in [0.25, 0.3) is 0 Å². The van der Waals surface area contributed by atoms with Crippen molar-refractivity contribution in [2.75, 3.05) is 0 Å². The molecule has 1 spiro atoms. The van der Waals surface area contributed by atoms with E-state index >= 15 is 0 Å². The molecule has 0 N–H and O–H groups in total. The predicted molar refractivity (Wildman–Crippen MR) is 61.4 cm³/mol. The summed E-state index contributed by atoms with van der Waals surface area (Å²) in [6, 6.07) is 0. The fourth-order valence-corrected chi connectivity index (χ4v) is 4.53. The molecule has 1 saturated heterocycles. The average Bonchev–Trinajstić information content (AvgIpc) is 2.25. The van der Waals surface area contributed by atoms with Gasteiger partial charge in [0.25, 0.3) is 0 Å². The minimum Gasteiger partial charge on any atom is -0.281 e. The van der Waals surface area contributed by atoms with Crippen LogP contribution in [0.2, 0.25) is 0 Å². The molecule has 0 aromatic heterocycles. The van der Waals surface area contributed by atoms with Crippen LogP contribution in [0.5, 0.6) is 0 Å². The Morgan fingerprint density at radius 3 is 2.00 bits per heavy atom. The Kier molecular flexibility index (Phi) is 2.99. The van der Waals surface area contributed by atoms with Crippen molar-refractivity contribution in [3.8, 4) is 0 Å². The van der Waals surface area contributed by atoms with Gasteiger partial charge in [0.15, 0.2) is 0 Å². The first-order valence-corrected chi connectivity index (χ1v) is 7.37. The van der Waals surface area contributed by atoms with Crippen molar-refractivity contribution < 1.29 is 8.37 Å². The molecule has 1 heterocycles. The highest BCUT2D eigenvalue weighted by Gasteiger charge is 2.54. The van der Waals surface area contributed by atoms with Gasteiger partial charge in [-0.15, -0.1) is 0 Å². The predicted octanol–water partition coefficient (Wildman–Crippen LogP) is 2.82. The SMILES string of the molecule is CC1(C)OS(=S)OC12CCCCCC2. The lowest BCUT2D eigenvalue weighted by molar-refractivity contribution is -0.0349. The fourth-order valence-electron chi connectivity index (χ4n) is 2.48. The van der Waals surface area contributed by atoms with E-state index in [4.69, 9.17) is 19.6 Å². The van der Waals surface area contributed by atoms with Crippen LogP contribution in [0.3, 0.4) is 0 Å². The average molecular weight is 234 g/mol. The topological polar surface area (TPSA) is 18.5 Å².